The molecule has 4 heteroatoms. The van der Waals surface area contributed by atoms with E-state index in [4.69, 9.17) is 5.73 Å². The molecule has 0 atom stereocenters. The number of aryl methyl sites for hydroxylation is 4. The molecule has 0 aliphatic heterocycles. The Labute approximate surface area is 129 Å². The number of rotatable bonds is 2. The third-order valence-electron chi connectivity index (χ3n) is 4.04. The number of aromatic nitrogens is 2. The Morgan fingerprint density at radius 3 is 2.36 bits per heavy atom. The molecule has 0 saturated heterocycles. The van der Waals surface area contributed by atoms with Gasteiger partial charge in [0.05, 0.1) is 0 Å². The minimum Gasteiger partial charge on any atom is -0.364 e. The van der Waals surface area contributed by atoms with Gasteiger partial charge in [-0.3, -0.25) is 9.48 Å². The standard InChI is InChI=1S/C18H19N3O/c1-10-8-11(2)15(12(3)9-10)13-6-5-7-14-16(13)20-21(4)17(14)18(19)22/h5-9H,1-4H3,(H2,19,22). The lowest BCUT2D eigenvalue weighted by atomic mass is 9.92. The van der Waals surface area contributed by atoms with E-state index in [0.717, 1.165) is 16.5 Å². The fraction of sp³-hybridized carbons (Fsp3) is 0.222. The number of carbonyl (C=O) groups excluding carboxylic acids is 1. The van der Waals surface area contributed by atoms with Crippen molar-refractivity contribution in [2.45, 2.75) is 20.8 Å². The molecule has 0 aliphatic carbocycles. The second-order valence-electron chi connectivity index (χ2n) is 5.81. The Balaban J connectivity index is 2.39. The number of fused-ring (bicyclic) bond motifs is 1. The average Bonchev–Trinajstić information content (AvgIpc) is 2.74. The molecule has 0 bridgehead atoms. The molecule has 2 aromatic carbocycles. The molecule has 1 aromatic heterocycles. The maximum atomic E-state index is 11.7. The van der Waals surface area contributed by atoms with Crippen LogP contribution in [0.4, 0.5) is 0 Å². The average molecular weight is 293 g/mol. The van der Waals surface area contributed by atoms with Gasteiger partial charge in [0.2, 0.25) is 0 Å². The fourth-order valence-corrected chi connectivity index (χ4v) is 3.32. The topological polar surface area (TPSA) is 60.9 Å². The summed E-state index contributed by atoms with van der Waals surface area (Å²) in [6.07, 6.45) is 0. The minimum absolute atomic E-state index is 0.444. The van der Waals surface area contributed by atoms with Crippen LogP contribution in [-0.2, 0) is 7.05 Å². The van der Waals surface area contributed by atoms with Gasteiger partial charge >= 0.3 is 0 Å². The van der Waals surface area contributed by atoms with Crippen molar-refractivity contribution < 1.29 is 4.79 Å². The number of hydrogen-bond donors (Lipinski definition) is 1. The fourth-order valence-electron chi connectivity index (χ4n) is 3.32. The van der Waals surface area contributed by atoms with Gasteiger partial charge in [0.1, 0.15) is 11.2 Å². The predicted octanol–water partition coefficient (Wildman–Crippen LogP) is 3.26. The van der Waals surface area contributed by atoms with Crippen molar-refractivity contribution in [2.75, 3.05) is 0 Å². The quantitative estimate of drug-likeness (QED) is 0.788. The lowest BCUT2D eigenvalue weighted by Gasteiger charge is -2.12. The smallest absolute Gasteiger partial charge is 0.267 e. The van der Waals surface area contributed by atoms with Crippen molar-refractivity contribution in [3.05, 3.63) is 52.7 Å². The number of nitrogens with zero attached hydrogens (tertiary/aromatic N) is 2. The first kappa shape index (κ1) is 14.3. The largest absolute Gasteiger partial charge is 0.364 e. The summed E-state index contributed by atoms with van der Waals surface area (Å²) in [6.45, 7) is 6.30. The van der Waals surface area contributed by atoms with Crippen LogP contribution in [-0.4, -0.2) is 15.7 Å². The van der Waals surface area contributed by atoms with E-state index in [9.17, 15) is 4.79 Å². The number of hydrogen-bond acceptors (Lipinski definition) is 2. The molecule has 1 heterocycles. The summed E-state index contributed by atoms with van der Waals surface area (Å²) in [7, 11) is 1.75. The first-order valence-electron chi connectivity index (χ1n) is 7.24. The highest BCUT2D eigenvalue weighted by molar-refractivity contribution is 6.08. The third kappa shape index (κ3) is 2.08. The van der Waals surface area contributed by atoms with E-state index >= 15 is 0 Å². The number of nitrogens with two attached hydrogens (primary N) is 1. The molecule has 4 nitrogen and oxygen atoms in total. The molecule has 1 amide bonds. The molecule has 0 spiro atoms. The van der Waals surface area contributed by atoms with Crippen LogP contribution in [0.2, 0.25) is 0 Å². The number of primary amides is 1. The van der Waals surface area contributed by atoms with Crippen LogP contribution in [0.3, 0.4) is 0 Å². The van der Waals surface area contributed by atoms with Gasteiger partial charge in [-0.15, -0.1) is 0 Å². The summed E-state index contributed by atoms with van der Waals surface area (Å²) in [6, 6.07) is 10.2. The molecule has 112 valence electrons. The van der Waals surface area contributed by atoms with Crippen LogP contribution in [0, 0.1) is 20.8 Å². The van der Waals surface area contributed by atoms with Crippen LogP contribution in [0.15, 0.2) is 30.3 Å². The van der Waals surface area contributed by atoms with Crippen LogP contribution in [0.25, 0.3) is 22.0 Å². The summed E-state index contributed by atoms with van der Waals surface area (Å²) < 4.78 is 1.56. The van der Waals surface area contributed by atoms with Gasteiger partial charge in [0, 0.05) is 18.0 Å². The van der Waals surface area contributed by atoms with Crippen molar-refractivity contribution in [1.29, 1.82) is 0 Å². The maximum absolute atomic E-state index is 11.7. The monoisotopic (exact) mass is 293 g/mol. The van der Waals surface area contributed by atoms with E-state index in [2.05, 4.69) is 38.0 Å². The summed E-state index contributed by atoms with van der Waals surface area (Å²) in [4.78, 5) is 11.7. The Morgan fingerprint density at radius 1 is 1.14 bits per heavy atom. The van der Waals surface area contributed by atoms with E-state index in [1.807, 2.05) is 18.2 Å². The summed E-state index contributed by atoms with van der Waals surface area (Å²) in [5, 5.41) is 5.33. The van der Waals surface area contributed by atoms with Gasteiger partial charge in [-0.25, -0.2) is 0 Å². The van der Waals surface area contributed by atoms with E-state index in [1.165, 1.54) is 22.3 Å². The number of amides is 1. The Morgan fingerprint density at radius 2 is 1.77 bits per heavy atom. The second kappa shape index (κ2) is 4.98. The van der Waals surface area contributed by atoms with Gasteiger partial charge < -0.3 is 5.73 Å². The van der Waals surface area contributed by atoms with Gasteiger partial charge in [0.15, 0.2) is 0 Å². The summed E-state index contributed by atoms with van der Waals surface area (Å²) in [5.41, 5.74) is 12.6. The zero-order valence-electron chi connectivity index (χ0n) is 13.3. The number of carbonyl (C=O) groups is 1. The lowest BCUT2D eigenvalue weighted by molar-refractivity contribution is 0.0993. The lowest BCUT2D eigenvalue weighted by Crippen LogP contribution is -2.15. The minimum atomic E-state index is -0.459. The van der Waals surface area contributed by atoms with Crippen molar-refractivity contribution in [2.24, 2.45) is 12.8 Å². The SMILES string of the molecule is Cc1cc(C)c(-c2cccc3c(C(N)=O)n(C)nc23)c(C)c1. The van der Waals surface area contributed by atoms with E-state index < -0.39 is 5.91 Å². The maximum Gasteiger partial charge on any atom is 0.267 e. The van der Waals surface area contributed by atoms with Gasteiger partial charge in [0.25, 0.3) is 5.91 Å². The summed E-state index contributed by atoms with van der Waals surface area (Å²) >= 11 is 0. The van der Waals surface area contributed by atoms with Crippen LogP contribution in [0.5, 0.6) is 0 Å². The molecule has 22 heavy (non-hydrogen) atoms. The molecule has 3 rings (SSSR count). The molecule has 2 N–H and O–H groups in total. The van der Waals surface area contributed by atoms with E-state index in [-0.39, 0.29) is 0 Å². The highest BCUT2D eigenvalue weighted by Gasteiger charge is 2.18. The Bertz CT molecular complexity index is 883. The highest BCUT2D eigenvalue weighted by atomic mass is 16.1. The molecule has 0 radical (unpaired) electrons. The third-order valence-corrected chi connectivity index (χ3v) is 4.04. The van der Waals surface area contributed by atoms with Crippen molar-refractivity contribution in [1.82, 2.24) is 9.78 Å². The molecule has 0 unspecified atom stereocenters. The van der Waals surface area contributed by atoms with Crippen molar-refractivity contribution >= 4 is 16.8 Å². The van der Waals surface area contributed by atoms with E-state index in [1.54, 1.807) is 11.7 Å². The molecule has 3 aromatic rings. The predicted molar refractivity (Wildman–Crippen MR) is 88.9 cm³/mol. The second-order valence-corrected chi connectivity index (χ2v) is 5.81. The highest BCUT2D eigenvalue weighted by Crippen LogP contribution is 2.34. The van der Waals surface area contributed by atoms with Gasteiger partial charge in [-0.2, -0.15) is 5.10 Å². The molecular formula is C18H19N3O. The number of benzene rings is 2. The van der Waals surface area contributed by atoms with Crippen molar-refractivity contribution in [3.8, 4) is 11.1 Å². The molecule has 0 fully saturated rings. The van der Waals surface area contributed by atoms with Crippen LogP contribution in [0.1, 0.15) is 27.2 Å². The molecule has 0 aliphatic rings. The van der Waals surface area contributed by atoms with Crippen LogP contribution >= 0.6 is 0 Å². The first-order chi connectivity index (χ1) is 10.4. The Hall–Kier alpha value is -2.62. The van der Waals surface area contributed by atoms with Crippen LogP contribution < -0.4 is 5.73 Å². The zero-order chi connectivity index (χ0) is 16.0. The van der Waals surface area contributed by atoms with E-state index in [0.29, 0.717) is 5.69 Å². The van der Waals surface area contributed by atoms with Gasteiger partial charge in [-0.1, -0.05) is 35.9 Å². The van der Waals surface area contributed by atoms with Crippen molar-refractivity contribution in [3.63, 3.8) is 0 Å². The summed E-state index contributed by atoms with van der Waals surface area (Å²) in [5.74, 6) is -0.459. The Kier molecular flexibility index (Phi) is 3.24. The molecule has 0 saturated carbocycles. The normalized spacial score (nSPS) is 11.1. The zero-order valence-corrected chi connectivity index (χ0v) is 13.3. The molecular weight excluding hydrogens is 274 g/mol. The van der Waals surface area contributed by atoms with Gasteiger partial charge in [-0.05, 0) is 37.5 Å². The first-order valence-corrected chi connectivity index (χ1v) is 7.24.